The quantitative estimate of drug-likeness (QED) is 0.232. The molecule has 4 atom stereocenters. The van der Waals surface area contributed by atoms with Gasteiger partial charge in [0.1, 0.15) is 24.1 Å². The highest BCUT2D eigenvalue weighted by molar-refractivity contribution is 6.06. The summed E-state index contributed by atoms with van der Waals surface area (Å²) < 4.78 is 6.68. The first kappa shape index (κ1) is 15.4. The number of hydrogen-bond donors (Lipinski definition) is 7. The highest BCUT2D eigenvalue weighted by Gasteiger charge is 2.44. The van der Waals surface area contributed by atoms with Crippen molar-refractivity contribution in [2.75, 3.05) is 12.3 Å². The molecule has 1 aliphatic rings. The lowest BCUT2D eigenvalue weighted by Gasteiger charge is -2.17. The molecule has 1 fully saturated rings. The third kappa shape index (κ3) is 2.26. The first-order valence-corrected chi connectivity index (χ1v) is 6.72. The van der Waals surface area contributed by atoms with E-state index in [9.17, 15) is 15.0 Å². The van der Waals surface area contributed by atoms with Crippen molar-refractivity contribution >= 4 is 22.8 Å². The summed E-state index contributed by atoms with van der Waals surface area (Å²) in [5, 5.41) is 36.7. The number of rotatable bonds is 3. The van der Waals surface area contributed by atoms with Crippen LogP contribution in [-0.4, -0.2) is 60.6 Å². The van der Waals surface area contributed by atoms with E-state index in [0.717, 1.165) is 0 Å². The molecule has 0 spiro atoms. The Morgan fingerprint density at radius 3 is 2.74 bits per heavy atom. The number of nitrogens with zero attached hydrogens (tertiary/aromatic N) is 2. The number of aromatic nitrogens is 3. The Balaban J connectivity index is 2.23. The predicted molar refractivity (Wildman–Crippen MR) is 78.8 cm³/mol. The summed E-state index contributed by atoms with van der Waals surface area (Å²) in [5.41, 5.74) is 10.6. The minimum absolute atomic E-state index is 0.0180. The number of hydrogen-bond acceptors (Lipinski definition) is 8. The fourth-order valence-electron chi connectivity index (χ4n) is 2.68. The molecule has 0 aromatic carbocycles. The molecular weight excluding hydrogens is 308 g/mol. The van der Waals surface area contributed by atoms with Crippen LogP contribution in [-0.2, 0) is 4.74 Å². The van der Waals surface area contributed by atoms with Crippen LogP contribution < -0.4 is 17.0 Å². The summed E-state index contributed by atoms with van der Waals surface area (Å²) in [6, 6.07) is 0. The molecule has 9 N–H and O–H groups in total. The Hall–Kier alpha value is -2.47. The van der Waals surface area contributed by atoms with Crippen molar-refractivity contribution in [3.05, 3.63) is 22.1 Å². The molecule has 124 valence electrons. The average molecular weight is 324 g/mol. The monoisotopic (exact) mass is 324 g/mol. The average Bonchev–Trinajstić information content (AvgIpc) is 2.99. The fourth-order valence-corrected chi connectivity index (χ4v) is 2.68. The zero-order valence-corrected chi connectivity index (χ0v) is 11.8. The van der Waals surface area contributed by atoms with Gasteiger partial charge in [-0.3, -0.25) is 15.2 Å². The molecule has 0 radical (unpaired) electrons. The SMILES string of the molecule is N=C(N)c1cn([C@@H]2O[C@H](CO)[C@@H](O)[C@H]2O)c2nc(N)[nH]c(=O)c12. The van der Waals surface area contributed by atoms with Crippen LogP contribution in [0, 0.1) is 5.41 Å². The number of amidine groups is 1. The van der Waals surface area contributed by atoms with E-state index in [4.69, 9.17) is 26.7 Å². The predicted octanol–water partition coefficient (Wildman–Crippen LogP) is -2.80. The second-order valence-corrected chi connectivity index (χ2v) is 5.24. The van der Waals surface area contributed by atoms with E-state index in [0.29, 0.717) is 0 Å². The summed E-state index contributed by atoms with van der Waals surface area (Å²) in [7, 11) is 0. The summed E-state index contributed by atoms with van der Waals surface area (Å²) in [6.45, 7) is -0.496. The van der Waals surface area contributed by atoms with Gasteiger partial charge in [-0.05, 0) is 0 Å². The first-order valence-electron chi connectivity index (χ1n) is 6.72. The standard InChI is InChI=1S/C12H16N6O5/c13-8(14)3-1-18(9-5(3)10(22)17-12(15)16-9)11-7(21)6(20)4(2-19)23-11/h1,4,6-7,11,19-21H,2H2,(H3,13,14)(H3,15,16,17,22)/t4-,6-,7-,11-/m1/s1. The van der Waals surface area contributed by atoms with Crippen LogP contribution in [0.1, 0.15) is 11.8 Å². The van der Waals surface area contributed by atoms with Crippen LogP contribution in [0.3, 0.4) is 0 Å². The van der Waals surface area contributed by atoms with Gasteiger partial charge in [0.2, 0.25) is 5.95 Å². The lowest BCUT2D eigenvalue weighted by molar-refractivity contribution is -0.0508. The van der Waals surface area contributed by atoms with E-state index in [2.05, 4.69) is 9.97 Å². The molecule has 3 heterocycles. The van der Waals surface area contributed by atoms with Gasteiger partial charge in [-0.15, -0.1) is 0 Å². The number of anilines is 1. The van der Waals surface area contributed by atoms with Crippen molar-refractivity contribution in [1.29, 1.82) is 5.41 Å². The van der Waals surface area contributed by atoms with E-state index in [1.54, 1.807) is 0 Å². The van der Waals surface area contributed by atoms with Gasteiger partial charge < -0.3 is 36.1 Å². The maximum atomic E-state index is 12.1. The molecule has 3 rings (SSSR count). The minimum Gasteiger partial charge on any atom is -0.394 e. The first-order chi connectivity index (χ1) is 10.8. The minimum atomic E-state index is -1.37. The molecule has 1 saturated heterocycles. The number of aliphatic hydroxyl groups is 3. The molecule has 0 saturated carbocycles. The zero-order valence-electron chi connectivity index (χ0n) is 11.8. The third-order valence-electron chi connectivity index (χ3n) is 3.78. The molecule has 0 aliphatic carbocycles. The molecule has 23 heavy (non-hydrogen) atoms. The van der Waals surface area contributed by atoms with Gasteiger partial charge in [-0.1, -0.05) is 0 Å². The van der Waals surface area contributed by atoms with Crippen LogP contribution in [0.2, 0.25) is 0 Å². The summed E-state index contributed by atoms with van der Waals surface area (Å²) in [4.78, 5) is 18.4. The van der Waals surface area contributed by atoms with Crippen molar-refractivity contribution in [3.8, 4) is 0 Å². The number of aliphatic hydroxyl groups excluding tert-OH is 3. The van der Waals surface area contributed by atoms with Gasteiger partial charge in [-0.2, -0.15) is 4.98 Å². The van der Waals surface area contributed by atoms with Crippen molar-refractivity contribution < 1.29 is 20.1 Å². The third-order valence-corrected chi connectivity index (χ3v) is 3.78. The van der Waals surface area contributed by atoms with Crippen LogP contribution in [0.15, 0.2) is 11.0 Å². The Bertz CT molecular complexity index is 829. The number of nitrogens with one attached hydrogen (secondary N) is 2. The number of fused-ring (bicyclic) bond motifs is 1. The van der Waals surface area contributed by atoms with Gasteiger partial charge in [0, 0.05) is 11.8 Å². The molecule has 0 bridgehead atoms. The zero-order chi connectivity index (χ0) is 16.9. The van der Waals surface area contributed by atoms with E-state index >= 15 is 0 Å². The summed E-state index contributed by atoms with van der Waals surface area (Å²) in [6.07, 6.45) is -3.49. The van der Waals surface area contributed by atoms with Gasteiger partial charge in [-0.25, -0.2) is 0 Å². The number of ether oxygens (including phenoxy) is 1. The second-order valence-electron chi connectivity index (χ2n) is 5.24. The molecule has 2 aromatic heterocycles. The summed E-state index contributed by atoms with van der Waals surface area (Å²) in [5.74, 6) is -0.540. The maximum absolute atomic E-state index is 12.1. The van der Waals surface area contributed by atoms with Crippen LogP contribution in [0.4, 0.5) is 5.95 Å². The van der Waals surface area contributed by atoms with Gasteiger partial charge in [0.15, 0.2) is 11.9 Å². The highest BCUT2D eigenvalue weighted by atomic mass is 16.6. The van der Waals surface area contributed by atoms with E-state index in [1.165, 1.54) is 10.8 Å². The lowest BCUT2D eigenvalue weighted by Crippen LogP contribution is -2.33. The highest BCUT2D eigenvalue weighted by Crippen LogP contribution is 2.32. The van der Waals surface area contributed by atoms with Gasteiger partial charge >= 0.3 is 0 Å². The molecule has 0 unspecified atom stereocenters. The van der Waals surface area contributed by atoms with Crippen molar-refractivity contribution in [3.63, 3.8) is 0 Å². The molecule has 11 nitrogen and oxygen atoms in total. The lowest BCUT2D eigenvalue weighted by atomic mass is 10.1. The normalized spacial score (nSPS) is 27.6. The molecule has 0 amide bonds. The fraction of sp³-hybridized carbons (Fsp3) is 0.417. The van der Waals surface area contributed by atoms with Crippen LogP contribution in [0.5, 0.6) is 0 Å². The van der Waals surface area contributed by atoms with Crippen molar-refractivity contribution in [2.45, 2.75) is 24.5 Å². The van der Waals surface area contributed by atoms with Crippen molar-refractivity contribution in [1.82, 2.24) is 14.5 Å². The van der Waals surface area contributed by atoms with Crippen LogP contribution in [0.25, 0.3) is 11.0 Å². The Kier molecular flexibility index (Phi) is 3.56. The topological polar surface area (TPSA) is 196 Å². The summed E-state index contributed by atoms with van der Waals surface area (Å²) >= 11 is 0. The van der Waals surface area contributed by atoms with Gasteiger partial charge in [0.05, 0.1) is 12.0 Å². The van der Waals surface area contributed by atoms with E-state index in [1.807, 2.05) is 0 Å². The number of nitrogen functional groups attached to an aromatic ring is 2. The Labute approximate surface area is 128 Å². The molecular formula is C12H16N6O5. The molecule has 1 aliphatic heterocycles. The maximum Gasteiger partial charge on any atom is 0.262 e. The number of nitrogens with two attached hydrogens (primary N) is 2. The van der Waals surface area contributed by atoms with Gasteiger partial charge in [0.25, 0.3) is 5.56 Å². The smallest absolute Gasteiger partial charge is 0.262 e. The van der Waals surface area contributed by atoms with Crippen molar-refractivity contribution in [2.24, 2.45) is 5.73 Å². The Morgan fingerprint density at radius 2 is 2.17 bits per heavy atom. The molecule has 2 aromatic rings. The number of aromatic amines is 1. The second kappa shape index (κ2) is 5.31. The largest absolute Gasteiger partial charge is 0.394 e. The molecule has 11 heteroatoms. The van der Waals surface area contributed by atoms with E-state index < -0.39 is 36.7 Å². The Morgan fingerprint density at radius 1 is 1.48 bits per heavy atom. The number of H-pyrrole nitrogens is 1. The van der Waals surface area contributed by atoms with E-state index in [-0.39, 0.29) is 28.4 Å². The van der Waals surface area contributed by atoms with Crippen LogP contribution >= 0.6 is 0 Å².